The molecule has 3 rings (SSSR count). The number of likely N-dealkylation sites (tertiary alicyclic amines) is 1. The van der Waals surface area contributed by atoms with Gasteiger partial charge < -0.3 is 16.0 Å². The Bertz CT molecular complexity index is 718. The fraction of sp³-hybridized carbons (Fsp3) is 0.375. The number of nitrogen functional groups attached to an aromatic ring is 1. The summed E-state index contributed by atoms with van der Waals surface area (Å²) in [5, 5.41) is 5.29. The van der Waals surface area contributed by atoms with E-state index in [1.807, 2.05) is 23.6 Å². The summed E-state index contributed by atoms with van der Waals surface area (Å²) in [5.41, 5.74) is 7.27. The molecule has 24 heavy (non-hydrogen) atoms. The van der Waals surface area contributed by atoms with Gasteiger partial charge >= 0.3 is 0 Å². The minimum absolute atomic E-state index is 0.00641. The zero-order valence-corrected chi connectivity index (χ0v) is 14.0. The van der Waals surface area contributed by atoms with Crippen molar-refractivity contribution in [2.45, 2.75) is 19.4 Å². The molecular formula is C16H19N5O2S. The lowest BCUT2D eigenvalue weighted by Crippen LogP contribution is -2.34. The predicted molar refractivity (Wildman–Crippen MR) is 91.0 cm³/mol. The maximum Gasteiger partial charge on any atom is 0.225 e. The zero-order chi connectivity index (χ0) is 16.9. The topological polar surface area (TPSA) is 101 Å². The normalized spacial score (nSPS) is 17.2. The molecule has 0 radical (unpaired) electrons. The van der Waals surface area contributed by atoms with Crippen LogP contribution in [0.3, 0.4) is 0 Å². The van der Waals surface area contributed by atoms with Gasteiger partial charge in [0.15, 0.2) is 5.13 Å². The van der Waals surface area contributed by atoms with Crippen LogP contribution in [0.15, 0.2) is 29.8 Å². The van der Waals surface area contributed by atoms with Crippen molar-refractivity contribution in [2.75, 3.05) is 18.8 Å². The molecule has 2 aromatic heterocycles. The van der Waals surface area contributed by atoms with E-state index in [1.54, 1.807) is 11.1 Å². The molecule has 1 atom stereocenters. The van der Waals surface area contributed by atoms with E-state index in [1.165, 1.54) is 11.3 Å². The third kappa shape index (κ3) is 4.08. The van der Waals surface area contributed by atoms with Crippen LogP contribution in [-0.4, -0.2) is 39.8 Å². The van der Waals surface area contributed by atoms with E-state index >= 15 is 0 Å². The van der Waals surface area contributed by atoms with Crippen LogP contribution < -0.4 is 11.1 Å². The number of amides is 2. The second kappa shape index (κ2) is 7.39. The second-order valence-electron chi connectivity index (χ2n) is 5.71. The highest BCUT2D eigenvalue weighted by atomic mass is 32.1. The first-order chi connectivity index (χ1) is 11.6. The van der Waals surface area contributed by atoms with Gasteiger partial charge in [0.25, 0.3) is 0 Å². The van der Waals surface area contributed by atoms with Crippen LogP contribution in [0.4, 0.5) is 5.13 Å². The van der Waals surface area contributed by atoms with Gasteiger partial charge in [0.2, 0.25) is 11.8 Å². The second-order valence-corrected chi connectivity index (χ2v) is 6.60. The summed E-state index contributed by atoms with van der Waals surface area (Å²) in [5.74, 6) is -0.398. The molecule has 0 aliphatic carbocycles. The van der Waals surface area contributed by atoms with Crippen molar-refractivity contribution >= 4 is 28.3 Å². The van der Waals surface area contributed by atoms with Gasteiger partial charge in [-0.3, -0.25) is 14.6 Å². The molecule has 2 amide bonds. The van der Waals surface area contributed by atoms with Gasteiger partial charge in [0, 0.05) is 37.5 Å². The van der Waals surface area contributed by atoms with Crippen LogP contribution >= 0.6 is 11.3 Å². The molecule has 3 heterocycles. The van der Waals surface area contributed by atoms with Crippen LogP contribution in [0.25, 0.3) is 0 Å². The first-order valence-corrected chi connectivity index (χ1v) is 8.65. The number of nitrogens with zero attached hydrogens (tertiary/aromatic N) is 3. The number of carbonyl (C=O) groups excluding carboxylic acids is 2. The Morgan fingerprint density at radius 2 is 2.29 bits per heavy atom. The van der Waals surface area contributed by atoms with Gasteiger partial charge in [-0.1, -0.05) is 6.07 Å². The molecule has 3 N–H and O–H groups in total. The summed E-state index contributed by atoms with van der Waals surface area (Å²) in [6.45, 7) is 1.37. The Kier molecular flexibility index (Phi) is 5.05. The Morgan fingerprint density at radius 1 is 1.42 bits per heavy atom. The predicted octanol–water partition coefficient (Wildman–Crippen LogP) is 0.828. The average Bonchev–Trinajstić information content (AvgIpc) is 3.15. The van der Waals surface area contributed by atoms with E-state index in [0.29, 0.717) is 31.2 Å². The maximum absolute atomic E-state index is 12.2. The van der Waals surface area contributed by atoms with Gasteiger partial charge in [-0.2, -0.15) is 0 Å². The van der Waals surface area contributed by atoms with E-state index in [4.69, 9.17) is 5.73 Å². The number of rotatable bonds is 6. The molecule has 0 unspecified atom stereocenters. The van der Waals surface area contributed by atoms with E-state index in [9.17, 15) is 9.59 Å². The Labute approximate surface area is 143 Å². The minimum atomic E-state index is -0.304. The van der Waals surface area contributed by atoms with Gasteiger partial charge in [0.05, 0.1) is 23.9 Å². The first kappa shape index (κ1) is 16.4. The largest absolute Gasteiger partial charge is 0.375 e. The molecule has 0 saturated carbocycles. The van der Waals surface area contributed by atoms with Crippen LogP contribution in [0, 0.1) is 5.92 Å². The van der Waals surface area contributed by atoms with Crippen molar-refractivity contribution in [1.29, 1.82) is 0 Å². The number of hydrogen-bond donors (Lipinski definition) is 2. The lowest BCUT2D eigenvalue weighted by atomic mass is 10.1. The Balaban J connectivity index is 1.47. The summed E-state index contributed by atoms with van der Waals surface area (Å²) in [4.78, 5) is 34.4. The number of pyridine rings is 1. The fourth-order valence-electron chi connectivity index (χ4n) is 2.68. The third-order valence-corrected chi connectivity index (χ3v) is 4.64. The Hall–Kier alpha value is -2.48. The summed E-state index contributed by atoms with van der Waals surface area (Å²) < 4.78 is 0. The smallest absolute Gasteiger partial charge is 0.225 e. The van der Waals surface area contributed by atoms with Gasteiger partial charge in [0.1, 0.15) is 0 Å². The molecule has 7 nitrogen and oxygen atoms in total. The summed E-state index contributed by atoms with van der Waals surface area (Å²) in [6.07, 6.45) is 2.59. The molecule has 0 aromatic carbocycles. The number of anilines is 1. The number of hydrogen-bond acceptors (Lipinski definition) is 6. The number of carbonyl (C=O) groups is 2. The van der Waals surface area contributed by atoms with Gasteiger partial charge in [-0.25, -0.2) is 4.98 Å². The van der Waals surface area contributed by atoms with Crippen molar-refractivity contribution in [3.05, 3.63) is 41.2 Å². The minimum Gasteiger partial charge on any atom is -0.375 e. The zero-order valence-electron chi connectivity index (χ0n) is 13.1. The lowest BCUT2D eigenvalue weighted by Gasteiger charge is -2.16. The number of nitrogens with one attached hydrogen (secondary N) is 1. The molecular weight excluding hydrogens is 326 g/mol. The molecule has 8 heteroatoms. The third-order valence-electron chi connectivity index (χ3n) is 3.91. The van der Waals surface area contributed by atoms with Gasteiger partial charge in [-0.05, 0) is 12.1 Å². The summed E-state index contributed by atoms with van der Waals surface area (Å²) in [6, 6.07) is 5.60. The number of aromatic nitrogens is 2. The molecule has 0 bridgehead atoms. The molecule has 1 fully saturated rings. The van der Waals surface area contributed by atoms with Crippen LogP contribution in [0.5, 0.6) is 0 Å². The number of nitrogens with two attached hydrogens (primary N) is 1. The van der Waals surface area contributed by atoms with Crippen molar-refractivity contribution in [3.63, 3.8) is 0 Å². The van der Waals surface area contributed by atoms with Crippen LogP contribution in [-0.2, 0) is 22.6 Å². The molecule has 0 spiro atoms. The monoisotopic (exact) mass is 345 g/mol. The SMILES string of the molecule is Nc1nc(CCNC(=O)[C@H]2CC(=O)N(Cc3ccccn3)C2)cs1. The van der Waals surface area contributed by atoms with Gasteiger partial charge in [-0.15, -0.1) is 11.3 Å². The highest BCUT2D eigenvalue weighted by Gasteiger charge is 2.34. The summed E-state index contributed by atoms with van der Waals surface area (Å²) >= 11 is 1.39. The standard InChI is InChI=1S/C16H19N5O2S/c17-16-20-13(10-24-16)4-6-19-15(23)11-7-14(22)21(8-11)9-12-3-1-2-5-18-12/h1-3,5,10-11H,4,6-9H2,(H2,17,20)(H,19,23)/t11-/m0/s1. The van der Waals surface area contributed by atoms with E-state index in [0.717, 1.165) is 11.4 Å². The quantitative estimate of drug-likeness (QED) is 0.807. The Morgan fingerprint density at radius 3 is 3.00 bits per heavy atom. The maximum atomic E-state index is 12.2. The first-order valence-electron chi connectivity index (χ1n) is 7.77. The average molecular weight is 345 g/mol. The van der Waals surface area contributed by atoms with Crippen LogP contribution in [0.2, 0.25) is 0 Å². The lowest BCUT2D eigenvalue weighted by molar-refractivity contribution is -0.129. The van der Waals surface area contributed by atoms with Crippen LogP contribution in [0.1, 0.15) is 17.8 Å². The summed E-state index contributed by atoms with van der Waals surface area (Å²) in [7, 11) is 0. The molecule has 1 aliphatic rings. The van der Waals surface area contributed by atoms with E-state index < -0.39 is 0 Å². The van der Waals surface area contributed by atoms with Crippen molar-refractivity contribution in [3.8, 4) is 0 Å². The van der Waals surface area contributed by atoms with E-state index in [2.05, 4.69) is 15.3 Å². The highest BCUT2D eigenvalue weighted by molar-refractivity contribution is 7.13. The molecule has 2 aromatic rings. The number of thiazole rings is 1. The highest BCUT2D eigenvalue weighted by Crippen LogP contribution is 2.20. The fourth-order valence-corrected chi connectivity index (χ4v) is 3.28. The van der Waals surface area contributed by atoms with Crippen molar-refractivity contribution < 1.29 is 9.59 Å². The van der Waals surface area contributed by atoms with Crippen molar-refractivity contribution in [2.24, 2.45) is 5.92 Å². The van der Waals surface area contributed by atoms with Crippen molar-refractivity contribution in [1.82, 2.24) is 20.2 Å². The molecule has 126 valence electrons. The molecule has 1 saturated heterocycles. The molecule has 1 aliphatic heterocycles. The van der Waals surface area contributed by atoms with E-state index in [-0.39, 0.29) is 24.2 Å².